The summed E-state index contributed by atoms with van der Waals surface area (Å²) in [4.78, 5) is 12.5. The van der Waals surface area contributed by atoms with Gasteiger partial charge < -0.3 is 14.8 Å². The van der Waals surface area contributed by atoms with Crippen molar-refractivity contribution in [3.8, 4) is 11.5 Å². The molecule has 1 aliphatic rings. The van der Waals surface area contributed by atoms with Crippen LogP contribution in [0, 0.1) is 0 Å². The average Bonchev–Trinajstić information content (AvgIpc) is 2.86. The molecule has 116 valence electrons. The fourth-order valence-electron chi connectivity index (χ4n) is 2.57. The second kappa shape index (κ2) is 5.64. The molecule has 0 aliphatic carbocycles. The van der Waals surface area contributed by atoms with Gasteiger partial charge in [-0.05, 0) is 18.2 Å². The van der Waals surface area contributed by atoms with E-state index in [4.69, 9.17) is 9.47 Å². The van der Waals surface area contributed by atoms with Crippen molar-refractivity contribution in [2.75, 3.05) is 18.5 Å². The summed E-state index contributed by atoms with van der Waals surface area (Å²) in [7, 11) is 0. The lowest BCUT2D eigenvalue weighted by Crippen LogP contribution is -2.12. The molecule has 2 heterocycles. The lowest BCUT2D eigenvalue weighted by Gasteiger charge is -2.10. The van der Waals surface area contributed by atoms with Crippen LogP contribution in [0.1, 0.15) is 16.9 Å². The lowest BCUT2D eigenvalue weighted by atomic mass is 10.2. The number of rotatable bonds is 2. The van der Waals surface area contributed by atoms with Crippen LogP contribution in [0.25, 0.3) is 10.9 Å². The fourth-order valence-corrected chi connectivity index (χ4v) is 2.57. The number of hydrogen-bond acceptors (Lipinski definition) is 4. The number of anilines is 1. The van der Waals surface area contributed by atoms with Gasteiger partial charge in [0.05, 0.1) is 18.7 Å². The molecule has 0 fully saturated rings. The monoisotopic (exact) mass is 309 g/mol. The van der Waals surface area contributed by atoms with Crippen LogP contribution >= 0.6 is 0 Å². The van der Waals surface area contributed by atoms with E-state index in [1.54, 1.807) is 18.2 Å². The van der Waals surface area contributed by atoms with E-state index in [1.807, 2.05) is 24.3 Å². The summed E-state index contributed by atoms with van der Waals surface area (Å²) < 4.78 is 11.2. The van der Waals surface area contributed by atoms with Crippen molar-refractivity contribution in [3.05, 3.63) is 48.2 Å². The first kappa shape index (κ1) is 13.6. The number of nitrogens with zero attached hydrogens (tertiary/aromatic N) is 1. The van der Waals surface area contributed by atoms with E-state index in [2.05, 4.69) is 15.5 Å². The fraction of sp³-hybridized carbons (Fsp3) is 0.176. The Morgan fingerprint density at radius 1 is 1.09 bits per heavy atom. The van der Waals surface area contributed by atoms with Crippen LogP contribution in [0.2, 0.25) is 0 Å². The number of amides is 1. The third kappa shape index (κ3) is 2.59. The molecule has 1 amide bonds. The van der Waals surface area contributed by atoms with E-state index in [0.717, 1.165) is 17.3 Å². The Bertz CT molecular complexity index is 872. The van der Waals surface area contributed by atoms with Crippen LogP contribution in [-0.2, 0) is 0 Å². The van der Waals surface area contributed by atoms with Crippen LogP contribution in [-0.4, -0.2) is 29.3 Å². The zero-order valence-corrected chi connectivity index (χ0v) is 12.3. The Hall–Kier alpha value is -3.02. The van der Waals surface area contributed by atoms with Gasteiger partial charge in [0.25, 0.3) is 5.91 Å². The lowest BCUT2D eigenvalue weighted by molar-refractivity contribution is 0.102. The van der Waals surface area contributed by atoms with Crippen LogP contribution in [0.3, 0.4) is 0 Å². The summed E-state index contributed by atoms with van der Waals surface area (Å²) in [5.41, 5.74) is 1.84. The minimum absolute atomic E-state index is 0.267. The number of aromatic amines is 1. The topological polar surface area (TPSA) is 76.2 Å². The smallest absolute Gasteiger partial charge is 0.276 e. The Morgan fingerprint density at radius 3 is 2.83 bits per heavy atom. The van der Waals surface area contributed by atoms with Crippen LogP contribution < -0.4 is 14.8 Å². The Kier molecular flexibility index (Phi) is 3.34. The maximum atomic E-state index is 12.5. The van der Waals surface area contributed by atoms with Gasteiger partial charge in [-0.2, -0.15) is 5.10 Å². The van der Waals surface area contributed by atoms with E-state index in [-0.39, 0.29) is 5.91 Å². The first-order valence-electron chi connectivity index (χ1n) is 7.45. The molecule has 4 rings (SSSR count). The van der Waals surface area contributed by atoms with Crippen molar-refractivity contribution in [2.24, 2.45) is 0 Å². The maximum Gasteiger partial charge on any atom is 0.276 e. The van der Waals surface area contributed by atoms with Gasteiger partial charge >= 0.3 is 0 Å². The summed E-state index contributed by atoms with van der Waals surface area (Å²) in [5, 5.41) is 10.6. The Balaban J connectivity index is 1.60. The quantitative estimate of drug-likeness (QED) is 0.763. The van der Waals surface area contributed by atoms with E-state index in [1.165, 1.54) is 0 Å². The Labute approximate surface area is 132 Å². The van der Waals surface area contributed by atoms with Gasteiger partial charge in [0.15, 0.2) is 17.2 Å². The molecule has 0 radical (unpaired) electrons. The normalized spacial score (nSPS) is 13.6. The summed E-state index contributed by atoms with van der Waals surface area (Å²) in [6.07, 6.45) is 0.843. The standard InChI is InChI=1S/C17H15N3O3/c21-17(16-12-4-1-2-5-13(12)19-20-16)18-11-6-7-14-15(10-11)23-9-3-8-22-14/h1-2,4-7,10H,3,8-9H2,(H,18,21)(H,19,20). The SMILES string of the molecule is O=C(Nc1ccc2c(c1)OCCCO2)c1n[nH]c2ccccc12. The van der Waals surface area contributed by atoms with Gasteiger partial charge in [0.1, 0.15) is 0 Å². The highest BCUT2D eigenvalue weighted by atomic mass is 16.5. The molecule has 0 unspecified atom stereocenters. The summed E-state index contributed by atoms with van der Waals surface area (Å²) in [5.74, 6) is 1.08. The predicted octanol–water partition coefficient (Wildman–Crippen LogP) is 2.98. The highest BCUT2D eigenvalue weighted by Crippen LogP contribution is 2.32. The number of hydrogen-bond donors (Lipinski definition) is 2. The number of carbonyl (C=O) groups excluding carboxylic acids is 1. The first-order valence-corrected chi connectivity index (χ1v) is 7.45. The molecular formula is C17H15N3O3. The minimum atomic E-state index is -0.267. The molecule has 0 saturated carbocycles. The van der Waals surface area contributed by atoms with E-state index < -0.39 is 0 Å². The third-order valence-corrected chi connectivity index (χ3v) is 3.69. The largest absolute Gasteiger partial charge is 0.490 e. The molecule has 2 aromatic carbocycles. The van der Waals surface area contributed by atoms with Crippen LogP contribution in [0.4, 0.5) is 5.69 Å². The van der Waals surface area contributed by atoms with Crippen molar-refractivity contribution in [1.82, 2.24) is 10.2 Å². The molecule has 1 aliphatic heterocycles. The summed E-state index contributed by atoms with van der Waals surface area (Å²) in [6, 6.07) is 12.9. The van der Waals surface area contributed by atoms with Crippen molar-refractivity contribution >= 4 is 22.5 Å². The highest BCUT2D eigenvalue weighted by Gasteiger charge is 2.16. The molecule has 6 heteroatoms. The van der Waals surface area contributed by atoms with E-state index in [9.17, 15) is 4.79 Å². The average molecular weight is 309 g/mol. The predicted molar refractivity (Wildman–Crippen MR) is 86.1 cm³/mol. The van der Waals surface area contributed by atoms with Crippen LogP contribution in [0.5, 0.6) is 11.5 Å². The van der Waals surface area contributed by atoms with Gasteiger partial charge in [0.2, 0.25) is 0 Å². The molecule has 23 heavy (non-hydrogen) atoms. The van der Waals surface area contributed by atoms with Gasteiger partial charge in [-0.15, -0.1) is 0 Å². The maximum absolute atomic E-state index is 12.5. The number of fused-ring (bicyclic) bond motifs is 2. The molecule has 0 atom stereocenters. The number of benzene rings is 2. The number of aromatic nitrogens is 2. The first-order chi connectivity index (χ1) is 11.3. The zero-order chi connectivity index (χ0) is 15.6. The van der Waals surface area contributed by atoms with Crippen LogP contribution in [0.15, 0.2) is 42.5 Å². The third-order valence-electron chi connectivity index (χ3n) is 3.69. The van der Waals surface area contributed by atoms with Gasteiger partial charge in [-0.1, -0.05) is 18.2 Å². The van der Waals surface area contributed by atoms with Gasteiger partial charge in [-0.25, -0.2) is 0 Å². The number of para-hydroxylation sites is 1. The summed E-state index contributed by atoms with van der Waals surface area (Å²) >= 11 is 0. The summed E-state index contributed by atoms with van der Waals surface area (Å²) in [6.45, 7) is 1.24. The number of nitrogens with one attached hydrogen (secondary N) is 2. The molecule has 0 spiro atoms. The molecule has 0 saturated heterocycles. The second-order valence-electron chi connectivity index (χ2n) is 5.28. The van der Waals surface area contributed by atoms with E-state index >= 15 is 0 Å². The van der Waals surface area contributed by atoms with Crippen molar-refractivity contribution in [1.29, 1.82) is 0 Å². The second-order valence-corrected chi connectivity index (χ2v) is 5.28. The molecule has 3 aromatic rings. The Morgan fingerprint density at radius 2 is 1.91 bits per heavy atom. The number of carbonyl (C=O) groups is 1. The number of H-pyrrole nitrogens is 1. The zero-order valence-electron chi connectivity index (χ0n) is 12.3. The molecule has 6 nitrogen and oxygen atoms in total. The highest BCUT2D eigenvalue weighted by molar-refractivity contribution is 6.11. The molecule has 1 aromatic heterocycles. The van der Waals surface area contributed by atoms with Crippen molar-refractivity contribution in [3.63, 3.8) is 0 Å². The van der Waals surface area contributed by atoms with E-state index in [0.29, 0.717) is 36.1 Å². The molecule has 0 bridgehead atoms. The van der Waals surface area contributed by atoms with Crippen molar-refractivity contribution in [2.45, 2.75) is 6.42 Å². The minimum Gasteiger partial charge on any atom is -0.490 e. The van der Waals surface area contributed by atoms with Crippen molar-refractivity contribution < 1.29 is 14.3 Å². The van der Waals surface area contributed by atoms with Gasteiger partial charge in [0, 0.05) is 23.6 Å². The number of ether oxygens (including phenoxy) is 2. The van der Waals surface area contributed by atoms with Gasteiger partial charge in [-0.3, -0.25) is 9.89 Å². The molecular weight excluding hydrogens is 294 g/mol. The molecule has 2 N–H and O–H groups in total.